The van der Waals surface area contributed by atoms with Gasteiger partial charge in [0, 0.05) is 18.7 Å². The van der Waals surface area contributed by atoms with E-state index in [-0.39, 0.29) is 24.7 Å². The molecule has 0 amide bonds. The van der Waals surface area contributed by atoms with E-state index < -0.39 is 25.8 Å². The van der Waals surface area contributed by atoms with Crippen LogP contribution in [0.25, 0.3) is 0 Å². The molecule has 3 rings (SSSR count). The zero-order valence-corrected chi connectivity index (χ0v) is 32.1. The third-order valence-electron chi connectivity index (χ3n) is 9.12. The standard InChI is InChI=1S/C38H61N6O7P/c1-3-4-5-6-7-8-9-10-11-12-13-14-15-16-17-18-25-47-28-33(49-32-20-19-31(26-39)42-27-32)29-48-52(45,46)51-38(2)24-23-36(50-38)34-21-22-35(44-34)37(41)43-30-40/h19-22,27,30,33,36,44H,3-18,23-25,28-29H2,1-2H3,(H,45,46)(H3,40,41,43)/t33?,36-,38-/m1/s1. The number of nitrogens with one attached hydrogen (secondary N) is 2. The van der Waals surface area contributed by atoms with Crippen molar-refractivity contribution in [3.63, 3.8) is 0 Å². The molecule has 1 aliphatic rings. The van der Waals surface area contributed by atoms with Crippen molar-refractivity contribution in [1.82, 2.24) is 9.97 Å². The van der Waals surface area contributed by atoms with E-state index >= 15 is 0 Å². The van der Waals surface area contributed by atoms with Gasteiger partial charge in [0.2, 0.25) is 0 Å². The summed E-state index contributed by atoms with van der Waals surface area (Å²) in [6.45, 7) is 4.21. The lowest BCUT2D eigenvalue weighted by Crippen LogP contribution is -2.30. The topological polar surface area (TPSA) is 198 Å². The van der Waals surface area contributed by atoms with Crippen LogP contribution in [-0.2, 0) is 23.1 Å². The maximum absolute atomic E-state index is 13.1. The Morgan fingerprint density at radius 1 is 1.08 bits per heavy atom. The third-order valence-corrected chi connectivity index (χ3v) is 10.2. The molecule has 0 aliphatic carbocycles. The van der Waals surface area contributed by atoms with E-state index in [0.29, 0.717) is 36.6 Å². The van der Waals surface area contributed by atoms with Crippen LogP contribution in [0.5, 0.6) is 5.75 Å². The van der Waals surface area contributed by atoms with Gasteiger partial charge < -0.3 is 29.8 Å². The fraction of sp³-hybridized carbons (Fsp3) is 0.684. The molecule has 0 saturated carbocycles. The number of aliphatic imine (C=N–C) groups is 1. The minimum atomic E-state index is -4.59. The van der Waals surface area contributed by atoms with Crippen LogP contribution in [-0.4, -0.2) is 58.7 Å². The lowest BCUT2D eigenvalue weighted by Gasteiger charge is -2.28. The van der Waals surface area contributed by atoms with Crippen molar-refractivity contribution in [3.05, 3.63) is 47.5 Å². The van der Waals surface area contributed by atoms with Crippen molar-refractivity contribution in [2.24, 2.45) is 10.7 Å². The van der Waals surface area contributed by atoms with E-state index in [1.165, 1.54) is 102 Å². The number of aromatic amines is 1. The number of nitrogens with zero attached hydrogens (tertiary/aromatic N) is 3. The number of hydrogen-bond acceptors (Lipinski definition) is 9. The number of unbranched alkanes of at least 4 members (excludes halogenated alkanes) is 15. The van der Waals surface area contributed by atoms with Gasteiger partial charge in [0.15, 0.2) is 5.79 Å². The number of aromatic nitrogens is 2. The zero-order chi connectivity index (χ0) is 37.5. The number of rotatable bonds is 29. The molecule has 14 heteroatoms. The fourth-order valence-electron chi connectivity index (χ4n) is 6.23. The van der Waals surface area contributed by atoms with Crippen LogP contribution in [0.4, 0.5) is 0 Å². The minimum Gasteiger partial charge on any atom is -0.484 e. The first-order valence-electron chi connectivity index (χ1n) is 19.1. The summed E-state index contributed by atoms with van der Waals surface area (Å²) in [4.78, 5) is 21.6. The molecule has 0 bridgehead atoms. The summed E-state index contributed by atoms with van der Waals surface area (Å²) in [5, 5.41) is 16.2. The quantitative estimate of drug-likeness (QED) is 0.0270. The Hall–Kier alpha value is -3.11. The molecule has 5 N–H and O–H groups in total. The summed E-state index contributed by atoms with van der Waals surface area (Å²) in [5.74, 6) is -0.849. The van der Waals surface area contributed by atoms with Crippen LogP contribution >= 0.6 is 7.82 Å². The minimum absolute atomic E-state index is 0.119. The number of amidine groups is 1. The largest absolute Gasteiger partial charge is 0.484 e. The van der Waals surface area contributed by atoms with Crippen molar-refractivity contribution in [2.75, 3.05) is 19.8 Å². The van der Waals surface area contributed by atoms with E-state index in [1.54, 1.807) is 25.1 Å². The smallest absolute Gasteiger partial charge is 0.474 e. The molecule has 2 aromatic heterocycles. The second kappa shape index (κ2) is 24.3. The van der Waals surface area contributed by atoms with Gasteiger partial charge in [-0.3, -0.25) is 14.5 Å². The first-order valence-corrected chi connectivity index (χ1v) is 20.6. The number of hydrogen-bond donors (Lipinski definition) is 4. The Labute approximate surface area is 310 Å². The van der Waals surface area contributed by atoms with E-state index in [0.717, 1.165) is 19.2 Å². The lowest BCUT2D eigenvalue weighted by molar-refractivity contribution is -0.173. The Bertz CT molecular complexity index is 1420. The highest BCUT2D eigenvalue weighted by molar-refractivity contribution is 7.47. The zero-order valence-electron chi connectivity index (χ0n) is 31.2. The molecule has 3 heterocycles. The molecule has 0 radical (unpaired) electrons. The highest BCUT2D eigenvalue weighted by Gasteiger charge is 2.44. The van der Waals surface area contributed by atoms with Gasteiger partial charge in [-0.1, -0.05) is 103 Å². The average Bonchev–Trinajstić information content (AvgIpc) is 3.77. The van der Waals surface area contributed by atoms with Crippen LogP contribution in [0.1, 0.15) is 153 Å². The predicted octanol–water partition coefficient (Wildman–Crippen LogP) is 9.02. The Kier molecular flexibility index (Phi) is 20.2. The van der Waals surface area contributed by atoms with Gasteiger partial charge in [0.1, 0.15) is 41.9 Å². The number of ether oxygens (including phenoxy) is 3. The van der Waals surface area contributed by atoms with Crippen molar-refractivity contribution < 1.29 is 32.7 Å². The van der Waals surface area contributed by atoms with E-state index in [1.807, 2.05) is 6.07 Å². The lowest BCUT2D eigenvalue weighted by atomic mass is 10.0. The van der Waals surface area contributed by atoms with Crippen molar-refractivity contribution in [1.29, 1.82) is 10.7 Å². The van der Waals surface area contributed by atoms with Crippen molar-refractivity contribution >= 4 is 20.0 Å². The molecule has 52 heavy (non-hydrogen) atoms. The molecule has 0 aromatic carbocycles. The second-order valence-corrected chi connectivity index (χ2v) is 15.1. The summed E-state index contributed by atoms with van der Waals surface area (Å²) in [6, 6.07) is 8.61. The highest BCUT2D eigenvalue weighted by Crippen LogP contribution is 2.52. The van der Waals surface area contributed by atoms with E-state index in [2.05, 4.69) is 21.9 Å². The SMILES string of the molecule is CCCCCCCCCCCCCCCCCCOCC(COP(=O)(O)O[C@]1(C)CC[C@H](c2ccc(C(N)=NC=N)[nH]2)O1)Oc1ccc(C#N)nc1. The summed E-state index contributed by atoms with van der Waals surface area (Å²) in [6.07, 6.45) is 22.7. The number of phosphoric ester groups is 1. The van der Waals surface area contributed by atoms with Gasteiger partial charge in [-0.25, -0.2) is 14.5 Å². The molecule has 290 valence electrons. The summed E-state index contributed by atoms with van der Waals surface area (Å²) < 4.78 is 41.9. The molecule has 2 aromatic rings. The fourth-order valence-corrected chi connectivity index (χ4v) is 7.26. The maximum Gasteiger partial charge on any atom is 0.474 e. The average molecular weight is 745 g/mol. The van der Waals surface area contributed by atoms with Crippen molar-refractivity contribution in [2.45, 2.75) is 147 Å². The summed E-state index contributed by atoms with van der Waals surface area (Å²) in [5.41, 5.74) is 7.33. The van der Waals surface area contributed by atoms with Gasteiger partial charge in [-0.05, 0) is 44.0 Å². The summed E-state index contributed by atoms with van der Waals surface area (Å²) in [7, 11) is -4.59. The Balaban J connectivity index is 1.36. The molecule has 1 aliphatic heterocycles. The molecule has 1 fully saturated rings. The normalized spacial score (nSPS) is 19.3. The number of pyridine rings is 1. The van der Waals surface area contributed by atoms with Crippen LogP contribution in [0.3, 0.4) is 0 Å². The Morgan fingerprint density at radius 2 is 1.71 bits per heavy atom. The van der Waals surface area contributed by atoms with Gasteiger partial charge in [0.25, 0.3) is 0 Å². The van der Waals surface area contributed by atoms with Crippen LogP contribution in [0, 0.1) is 16.7 Å². The highest BCUT2D eigenvalue weighted by atomic mass is 31.2. The molecule has 4 atom stereocenters. The first-order chi connectivity index (χ1) is 25.2. The number of phosphoric acid groups is 1. The summed E-state index contributed by atoms with van der Waals surface area (Å²) >= 11 is 0. The second-order valence-electron chi connectivity index (χ2n) is 13.7. The van der Waals surface area contributed by atoms with Crippen molar-refractivity contribution in [3.8, 4) is 11.8 Å². The monoisotopic (exact) mass is 744 g/mol. The molecular formula is C38H61N6O7P. The molecule has 0 spiro atoms. The Morgan fingerprint density at radius 3 is 2.29 bits per heavy atom. The molecular weight excluding hydrogens is 683 g/mol. The van der Waals surface area contributed by atoms with Crippen LogP contribution in [0.15, 0.2) is 35.5 Å². The molecule has 2 unspecified atom stereocenters. The third kappa shape index (κ3) is 17.1. The van der Waals surface area contributed by atoms with Gasteiger partial charge in [-0.15, -0.1) is 0 Å². The van der Waals surface area contributed by atoms with Gasteiger partial charge >= 0.3 is 7.82 Å². The molecule has 1 saturated heterocycles. The van der Waals surface area contributed by atoms with E-state index in [4.69, 9.17) is 39.7 Å². The maximum atomic E-state index is 13.1. The van der Waals surface area contributed by atoms with Gasteiger partial charge in [-0.2, -0.15) is 5.26 Å². The number of nitrogens with two attached hydrogens (primary N) is 1. The van der Waals surface area contributed by atoms with Crippen LogP contribution in [0.2, 0.25) is 0 Å². The predicted molar refractivity (Wildman–Crippen MR) is 202 cm³/mol. The first kappa shape index (κ1) is 43.3. The number of H-pyrrole nitrogens is 1. The van der Waals surface area contributed by atoms with Gasteiger partial charge in [0.05, 0.1) is 25.1 Å². The van der Waals surface area contributed by atoms with E-state index in [9.17, 15) is 9.46 Å². The molecule has 13 nitrogen and oxygen atoms in total. The van der Waals surface area contributed by atoms with Crippen LogP contribution < -0.4 is 10.5 Å². The number of nitriles is 1.